The molecule has 0 saturated heterocycles. The van der Waals surface area contributed by atoms with Crippen molar-refractivity contribution in [1.29, 1.82) is 0 Å². The van der Waals surface area contributed by atoms with E-state index in [2.05, 4.69) is 62.5 Å². The molecule has 320 valence electrons. The van der Waals surface area contributed by atoms with Gasteiger partial charge in [-0.25, -0.2) is 4.57 Å². The zero-order chi connectivity index (χ0) is 40.5. The second-order valence-corrected chi connectivity index (χ2v) is 15.9. The Hall–Kier alpha value is -2.07. The number of unbranched alkanes of at least 4 members (excludes halogenated alkanes) is 19. The van der Waals surface area contributed by atoms with Crippen molar-refractivity contribution < 1.29 is 42.7 Å². The Morgan fingerprint density at radius 1 is 0.582 bits per heavy atom. The van der Waals surface area contributed by atoms with E-state index in [9.17, 15) is 19.0 Å². The molecule has 0 aromatic rings. The number of carboxylic acids is 1. The first-order valence-corrected chi connectivity index (χ1v) is 23.2. The van der Waals surface area contributed by atoms with Crippen molar-refractivity contribution in [3.8, 4) is 0 Å². The summed E-state index contributed by atoms with van der Waals surface area (Å²) in [6.07, 6.45) is 45.8. The molecule has 3 atom stereocenters. The van der Waals surface area contributed by atoms with Crippen LogP contribution in [0.3, 0.4) is 0 Å². The van der Waals surface area contributed by atoms with Gasteiger partial charge in [0.15, 0.2) is 0 Å². The summed E-state index contributed by atoms with van der Waals surface area (Å²) in [6.45, 7) is 3.76. The molecule has 55 heavy (non-hydrogen) atoms. The van der Waals surface area contributed by atoms with Crippen molar-refractivity contribution in [2.24, 2.45) is 5.73 Å². The average molecular weight is 798 g/mol. The van der Waals surface area contributed by atoms with Gasteiger partial charge in [0.1, 0.15) is 12.1 Å². The number of ether oxygens (including phenoxy) is 2. The van der Waals surface area contributed by atoms with E-state index >= 15 is 0 Å². The van der Waals surface area contributed by atoms with E-state index in [4.69, 9.17) is 29.4 Å². The number of hydrogen-bond donors (Lipinski definition) is 3. The van der Waals surface area contributed by atoms with Gasteiger partial charge < -0.3 is 25.2 Å². The van der Waals surface area contributed by atoms with Gasteiger partial charge in [-0.1, -0.05) is 152 Å². The van der Waals surface area contributed by atoms with E-state index in [0.29, 0.717) is 13.0 Å². The number of aliphatic carboxylic acids is 1. The maximum absolute atomic E-state index is 12.6. The summed E-state index contributed by atoms with van der Waals surface area (Å²) in [5.74, 6) is -1.79. The highest BCUT2D eigenvalue weighted by Crippen LogP contribution is 2.43. The Morgan fingerprint density at radius 3 is 1.55 bits per heavy atom. The quantitative estimate of drug-likeness (QED) is 0.0236. The molecule has 0 aliphatic rings. The van der Waals surface area contributed by atoms with Crippen LogP contribution in [0.5, 0.6) is 0 Å². The van der Waals surface area contributed by atoms with Gasteiger partial charge >= 0.3 is 19.8 Å². The number of phosphoric ester groups is 1. The number of hydrogen-bond acceptors (Lipinski definition) is 8. The Bertz CT molecular complexity index is 1060. The summed E-state index contributed by atoms with van der Waals surface area (Å²) in [5, 5.41) is 8.89. The maximum Gasteiger partial charge on any atom is 0.472 e. The molecule has 0 heterocycles. The van der Waals surface area contributed by atoms with E-state index in [1.165, 1.54) is 83.5 Å². The first-order valence-electron chi connectivity index (χ1n) is 21.7. The summed E-state index contributed by atoms with van der Waals surface area (Å²) in [5.41, 5.74) is 5.35. The normalized spacial score (nSPS) is 14.4. The summed E-state index contributed by atoms with van der Waals surface area (Å²) in [6, 6.07) is -1.48. The molecule has 0 spiro atoms. The summed E-state index contributed by atoms with van der Waals surface area (Å²) in [4.78, 5) is 33.5. The molecule has 0 aromatic heterocycles. The lowest BCUT2D eigenvalue weighted by Crippen LogP contribution is -2.34. The lowest BCUT2D eigenvalue weighted by atomic mass is 10.1. The van der Waals surface area contributed by atoms with Gasteiger partial charge in [0.05, 0.1) is 19.8 Å². The van der Waals surface area contributed by atoms with Crippen LogP contribution in [0.15, 0.2) is 48.6 Å². The lowest BCUT2D eigenvalue weighted by molar-refractivity contribution is -0.154. The minimum atomic E-state index is -4.62. The lowest BCUT2D eigenvalue weighted by Gasteiger charge is -2.20. The van der Waals surface area contributed by atoms with Gasteiger partial charge in [0, 0.05) is 13.0 Å². The summed E-state index contributed by atoms with van der Waals surface area (Å²) < 4.78 is 33.3. The van der Waals surface area contributed by atoms with E-state index in [-0.39, 0.29) is 13.0 Å². The third-order valence-corrected chi connectivity index (χ3v) is 10.0. The predicted molar refractivity (Wildman–Crippen MR) is 226 cm³/mol. The number of rotatable bonds is 41. The summed E-state index contributed by atoms with van der Waals surface area (Å²) in [7, 11) is -4.62. The molecule has 4 N–H and O–H groups in total. The molecule has 0 radical (unpaired) electrons. The van der Waals surface area contributed by atoms with Crippen molar-refractivity contribution >= 4 is 19.8 Å². The molecule has 0 fully saturated rings. The first-order chi connectivity index (χ1) is 26.7. The number of nitrogens with two attached hydrogens (primary N) is 1. The van der Waals surface area contributed by atoms with Crippen molar-refractivity contribution in [3.05, 3.63) is 48.6 Å². The standard InChI is InChI=1S/C44H80NO9P/c1-3-5-7-9-11-13-15-17-19-20-21-22-23-24-26-28-30-32-34-36-43(46)54-41(39-52-55(49,50)53-40-42(45)44(47)48)38-51-37-35-33-31-29-27-25-18-16-14-12-10-8-6-4-2/h8,10-11,13-14,16-17,19,41-42H,3-7,9,12,15,18,20-40,45H2,1-2H3,(H,47,48)(H,49,50)/b10-8-,13-11-,16-14-,19-17-. The molecule has 0 aliphatic carbocycles. The highest BCUT2D eigenvalue weighted by molar-refractivity contribution is 7.47. The monoisotopic (exact) mass is 798 g/mol. The number of esters is 1. The van der Waals surface area contributed by atoms with Crippen LogP contribution in [0.1, 0.15) is 181 Å². The Balaban J connectivity index is 4.24. The number of carbonyl (C=O) groups is 2. The molecular weight excluding hydrogens is 717 g/mol. The predicted octanol–water partition coefficient (Wildman–Crippen LogP) is 11.9. The SMILES string of the molecule is CCC/C=C\C/C=C\CCCCCCCCOCC(COP(=O)(O)OCC(N)C(=O)O)OC(=O)CCCCCCCCCCC/C=C\C/C=C\CCCCC. The van der Waals surface area contributed by atoms with Crippen molar-refractivity contribution in [1.82, 2.24) is 0 Å². The Kier molecular flexibility index (Phi) is 38.6. The van der Waals surface area contributed by atoms with Crippen LogP contribution in [-0.2, 0) is 32.7 Å². The molecule has 11 heteroatoms. The Morgan fingerprint density at radius 2 is 1.04 bits per heavy atom. The van der Waals surface area contributed by atoms with Gasteiger partial charge in [0.2, 0.25) is 0 Å². The van der Waals surface area contributed by atoms with Gasteiger partial charge in [-0.3, -0.25) is 18.6 Å². The van der Waals surface area contributed by atoms with Crippen LogP contribution in [0.25, 0.3) is 0 Å². The van der Waals surface area contributed by atoms with Crippen LogP contribution in [0.4, 0.5) is 0 Å². The minimum Gasteiger partial charge on any atom is -0.480 e. The van der Waals surface area contributed by atoms with E-state index in [0.717, 1.165) is 70.6 Å². The van der Waals surface area contributed by atoms with Crippen LogP contribution in [0.2, 0.25) is 0 Å². The third-order valence-electron chi connectivity index (χ3n) is 9.06. The van der Waals surface area contributed by atoms with Crippen molar-refractivity contribution in [2.45, 2.75) is 193 Å². The van der Waals surface area contributed by atoms with Crippen LogP contribution in [-0.4, -0.2) is 60.5 Å². The van der Waals surface area contributed by atoms with Gasteiger partial charge in [-0.15, -0.1) is 0 Å². The average Bonchev–Trinajstić information content (AvgIpc) is 3.16. The number of allylic oxidation sites excluding steroid dienone is 8. The zero-order valence-corrected chi connectivity index (χ0v) is 35.7. The molecule has 0 bridgehead atoms. The Labute approximate surface area is 335 Å². The van der Waals surface area contributed by atoms with Gasteiger partial charge in [-0.2, -0.15) is 0 Å². The zero-order valence-electron chi connectivity index (χ0n) is 34.8. The molecule has 10 nitrogen and oxygen atoms in total. The first kappa shape index (κ1) is 52.9. The van der Waals surface area contributed by atoms with Gasteiger partial charge in [0.25, 0.3) is 0 Å². The number of carboxylic acid groups (broad SMARTS) is 1. The van der Waals surface area contributed by atoms with Crippen LogP contribution in [0, 0.1) is 0 Å². The van der Waals surface area contributed by atoms with E-state index < -0.39 is 45.1 Å². The largest absolute Gasteiger partial charge is 0.480 e. The second-order valence-electron chi connectivity index (χ2n) is 14.5. The number of phosphoric acid groups is 1. The summed E-state index contributed by atoms with van der Waals surface area (Å²) >= 11 is 0. The fraction of sp³-hybridized carbons (Fsp3) is 0.773. The topological polar surface area (TPSA) is 155 Å². The molecule has 3 unspecified atom stereocenters. The van der Waals surface area contributed by atoms with E-state index in [1.54, 1.807) is 0 Å². The van der Waals surface area contributed by atoms with Crippen molar-refractivity contribution in [3.63, 3.8) is 0 Å². The molecule has 0 rings (SSSR count). The molecule has 0 saturated carbocycles. The third kappa shape index (κ3) is 39.9. The number of carbonyl (C=O) groups excluding carboxylic acids is 1. The van der Waals surface area contributed by atoms with Crippen LogP contribution < -0.4 is 5.73 Å². The van der Waals surface area contributed by atoms with Crippen molar-refractivity contribution in [2.75, 3.05) is 26.4 Å². The van der Waals surface area contributed by atoms with Crippen LogP contribution >= 0.6 is 7.82 Å². The smallest absolute Gasteiger partial charge is 0.472 e. The highest BCUT2D eigenvalue weighted by Gasteiger charge is 2.27. The molecule has 0 amide bonds. The molecule has 0 aliphatic heterocycles. The highest BCUT2D eigenvalue weighted by atomic mass is 31.2. The van der Waals surface area contributed by atoms with E-state index in [1.807, 2.05) is 0 Å². The fourth-order valence-electron chi connectivity index (χ4n) is 5.67. The minimum absolute atomic E-state index is 0.00712. The molecular formula is C44H80NO9P. The van der Waals surface area contributed by atoms with Gasteiger partial charge in [-0.05, 0) is 70.6 Å². The maximum atomic E-state index is 12.6. The molecule has 0 aromatic carbocycles. The second kappa shape index (κ2) is 40.1. The fourth-order valence-corrected chi connectivity index (χ4v) is 6.45.